The number of hydrogen-bond acceptors (Lipinski definition) is 6. The Morgan fingerprint density at radius 1 is 0.962 bits per heavy atom. The zero-order valence-electron chi connectivity index (χ0n) is 32.9. The molecule has 1 aromatic heterocycles. The van der Waals surface area contributed by atoms with E-state index in [9.17, 15) is 24.6 Å². The van der Waals surface area contributed by atoms with Gasteiger partial charge in [0.2, 0.25) is 11.8 Å². The number of aliphatic hydroxyl groups excluding tert-OH is 2. The van der Waals surface area contributed by atoms with Crippen LogP contribution in [0.2, 0.25) is 0 Å². The van der Waals surface area contributed by atoms with Crippen LogP contribution in [-0.4, -0.2) is 65.4 Å². The predicted molar refractivity (Wildman–Crippen MR) is 205 cm³/mol. The lowest BCUT2D eigenvalue weighted by molar-refractivity contribution is -0.252. The summed E-state index contributed by atoms with van der Waals surface area (Å²) in [5.41, 5.74) is 2.07. The van der Waals surface area contributed by atoms with Crippen LogP contribution in [0.15, 0.2) is 42.6 Å². The van der Waals surface area contributed by atoms with Crippen molar-refractivity contribution in [3.8, 4) is 0 Å². The topological polar surface area (TPSA) is 141 Å². The molecule has 12 atom stereocenters. The van der Waals surface area contributed by atoms with Crippen LogP contribution in [0.5, 0.6) is 0 Å². The van der Waals surface area contributed by atoms with Gasteiger partial charge in [-0.15, -0.1) is 0 Å². The monoisotopic (exact) mass is 729 g/mol. The SMILES string of the molecule is C=C(C)[C@@H]1CC[C@]2(C(=O)NCC(=O)N[C@@H](Cc3c[nH]c4ccccc34)C(=O)OC)CC[C@]3(C)[C@H](CC[C@@H]4[C@@]5(C)CC[C@H](O)[C@@](C)(CO)[C@@H]5CC[C@]43C)[C@@H]12. The number of aromatic nitrogens is 1. The van der Waals surface area contributed by atoms with Crippen molar-refractivity contribution in [2.45, 2.75) is 117 Å². The fourth-order valence-corrected chi connectivity index (χ4v) is 14.0. The van der Waals surface area contributed by atoms with Crippen molar-refractivity contribution in [3.63, 3.8) is 0 Å². The third kappa shape index (κ3) is 5.64. The van der Waals surface area contributed by atoms with Crippen molar-refractivity contribution in [2.24, 2.45) is 56.7 Å². The molecule has 5 fully saturated rings. The van der Waals surface area contributed by atoms with Crippen LogP contribution in [0.3, 0.4) is 0 Å². The van der Waals surface area contributed by atoms with Gasteiger partial charge >= 0.3 is 5.97 Å². The Kier molecular flexibility index (Phi) is 9.74. The molecule has 0 spiro atoms. The number of methoxy groups -OCH3 is 1. The number of carbonyl (C=O) groups excluding carboxylic acids is 3. The van der Waals surface area contributed by atoms with Gasteiger partial charge in [-0.2, -0.15) is 0 Å². The van der Waals surface area contributed by atoms with Crippen LogP contribution in [0.4, 0.5) is 0 Å². The minimum atomic E-state index is -0.889. The first-order valence-corrected chi connectivity index (χ1v) is 20.2. The lowest BCUT2D eigenvalue weighted by Gasteiger charge is -2.73. The highest BCUT2D eigenvalue weighted by atomic mass is 16.5. The molecule has 7 rings (SSSR count). The average molecular weight is 730 g/mol. The second kappa shape index (κ2) is 13.5. The molecule has 0 bridgehead atoms. The standard InChI is InChI=1S/C44H63N3O6/c1-26(2)28-14-19-44(39(52)46-24-36(50)47-32(38(51)53-7)22-27-23-45-31-11-9-8-10-29(27)31)21-20-42(5)30(37(28)44)12-13-34-40(3)17-16-35(49)41(4,25-48)33(40)15-18-43(34,42)6/h8-11,23,28,30,32-35,37,45,48-49H,1,12-22,24-25H2,2-7H3,(H,46,52)(H,47,50)/t28-,30+,32-,33+,34+,35-,37+,40-,41-,42+,43+,44-/m0/s1. The average Bonchev–Trinajstić information content (AvgIpc) is 3.74. The van der Waals surface area contributed by atoms with E-state index >= 15 is 0 Å². The van der Waals surface area contributed by atoms with Crippen LogP contribution in [0, 0.1) is 56.7 Å². The molecule has 9 heteroatoms. The Labute approximate surface area is 315 Å². The van der Waals surface area contributed by atoms with E-state index in [4.69, 9.17) is 4.74 Å². The second-order valence-electron chi connectivity index (χ2n) is 18.9. The van der Waals surface area contributed by atoms with E-state index in [1.807, 2.05) is 30.5 Å². The van der Waals surface area contributed by atoms with Crippen LogP contribution in [0.25, 0.3) is 10.9 Å². The van der Waals surface area contributed by atoms with Gasteiger partial charge in [0.15, 0.2) is 0 Å². The summed E-state index contributed by atoms with van der Waals surface area (Å²) in [6.45, 7) is 16.1. The number of para-hydroxylation sites is 1. The number of benzene rings is 1. The van der Waals surface area contributed by atoms with Gasteiger partial charge in [0.25, 0.3) is 0 Å². The molecule has 0 radical (unpaired) electrons. The molecule has 5 N–H and O–H groups in total. The molecule has 5 aliphatic carbocycles. The Morgan fingerprint density at radius 2 is 1.72 bits per heavy atom. The van der Waals surface area contributed by atoms with Gasteiger partial charge in [-0.1, -0.05) is 58.0 Å². The maximum absolute atomic E-state index is 14.6. The summed E-state index contributed by atoms with van der Waals surface area (Å²) in [5.74, 6) is 0.504. The molecule has 2 amide bonds. The summed E-state index contributed by atoms with van der Waals surface area (Å²) in [7, 11) is 1.32. The molecule has 0 aliphatic heterocycles. The highest BCUT2D eigenvalue weighted by Crippen LogP contribution is 2.77. The smallest absolute Gasteiger partial charge is 0.328 e. The van der Waals surface area contributed by atoms with Crippen LogP contribution >= 0.6 is 0 Å². The van der Waals surface area contributed by atoms with Crippen molar-refractivity contribution in [1.82, 2.24) is 15.6 Å². The highest BCUT2D eigenvalue weighted by molar-refractivity contribution is 5.91. The zero-order valence-corrected chi connectivity index (χ0v) is 32.9. The summed E-state index contributed by atoms with van der Waals surface area (Å²) in [4.78, 5) is 44.1. The molecule has 5 aliphatic rings. The van der Waals surface area contributed by atoms with Crippen LogP contribution < -0.4 is 10.6 Å². The number of esters is 1. The minimum absolute atomic E-state index is 0.0171. The quantitative estimate of drug-likeness (QED) is 0.148. The minimum Gasteiger partial charge on any atom is -0.467 e. The van der Waals surface area contributed by atoms with Gasteiger partial charge in [-0.25, -0.2) is 4.79 Å². The molecule has 2 aromatic rings. The fraction of sp³-hybridized carbons (Fsp3) is 0.705. The van der Waals surface area contributed by atoms with E-state index in [0.717, 1.165) is 86.2 Å². The molecule has 1 heterocycles. The molecule has 53 heavy (non-hydrogen) atoms. The van der Waals surface area contributed by atoms with Crippen molar-refractivity contribution in [1.29, 1.82) is 0 Å². The molecule has 9 nitrogen and oxygen atoms in total. The molecule has 0 saturated heterocycles. The number of allylic oxidation sites excluding steroid dienone is 1. The summed E-state index contributed by atoms with van der Waals surface area (Å²) in [6, 6.07) is 6.94. The second-order valence-corrected chi connectivity index (χ2v) is 18.9. The first kappa shape index (κ1) is 38.1. The van der Waals surface area contributed by atoms with Gasteiger partial charge in [0, 0.05) is 28.9 Å². The van der Waals surface area contributed by atoms with E-state index in [-0.39, 0.29) is 59.5 Å². The maximum Gasteiger partial charge on any atom is 0.328 e. The predicted octanol–water partition coefficient (Wildman–Crippen LogP) is 6.48. The van der Waals surface area contributed by atoms with Crippen molar-refractivity contribution in [3.05, 3.63) is 48.2 Å². The van der Waals surface area contributed by atoms with Crippen molar-refractivity contribution in [2.75, 3.05) is 20.3 Å². The number of ether oxygens (including phenoxy) is 1. The number of rotatable bonds is 9. The summed E-state index contributed by atoms with van der Waals surface area (Å²) >= 11 is 0. The van der Waals surface area contributed by atoms with E-state index in [1.54, 1.807) is 0 Å². The molecular weight excluding hydrogens is 666 g/mol. The lowest BCUT2D eigenvalue weighted by Crippen LogP contribution is -2.68. The molecule has 0 unspecified atom stereocenters. The number of nitrogens with one attached hydrogen (secondary N) is 3. The maximum atomic E-state index is 14.6. The fourth-order valence-electron chi connectivity index (χ4n) is 14.0. The number of amides is 2. The highest BCUT2D eigenvalue weighted by Gasteiger charge is 2.72. The largest absolute Gasteiger partial charge is 0.467 e. The van der Waals surface area contributed by atoms with Crippen molar-refractivity contribution < 1.29 is 29.3 Å². The van der Waals surface area contributed by atoms with E-state index in [1.165, 1.54) is 7.11 Å². The van der Waals surface area contributed by atoms with Gasteiger partial charge in [0.05, 0.1) is 31.8 Å². The number of fused-ring (bicyclic) bond motifs is 8. The van der Waals surface area contributed by atoms with Crippen LogP contribution in [-0.2, 0) is 25.5 Å². The van der Waals surface area contributed by atoms with E-state index in [0.29, 0.717) is 11.8 Å². The Balaban J connectivity index is 1.10. The Morgan fingerprint density at radius 3 is 2.43 bits per heavy atom. The number of aromatic amines is 1. The van der Waals surface area contributed by atoms with Gasteiger partial charge in [-0.05, 0) is 129 Å². The third-order valence-electron chi connectivity index (χ3n) is 17.0. The van der Waals surface area contributed by atoms with Gasteiger partial charge in [0.1, 0.15) is 6.04 Å². The van der Waals surface area contributed by atoms with E-state index < -0.39 is 34.9 Å². The lowest BCUT2D eigenvalue weighted by atomic mass is 9.32. The van der Waals surface area contributed by atoms with Crippen molar-refractivity contribution >= 4 is 28.7 Å². The molecule has 290 valence electrons. The summed E-state index contributed by atoms with van der Waals surface area (Å²) in [6.07, 6.45) is 11.0. The van der Waals surface area contributed by atoms with Crippen LogP contribution in [0.1, 0.15) is 104 Å². The molecular formula is C44H63N3O6. The summed E-state index contributed by atoms with van der Waals surface area (Å²) in [5, 5.41) is 28.7. The summed E-state index contributed by atoms with van der Waals surface area (Å²) < 4.78 is 5.06. The molecule has 1 aromatic carbocycles. The number of hydrogen-bond donors (Lipinski definition) is 5. The Bertz CT molecular complexity index is 1770. The Hall–Kier alpha value is -3.17. The third-order valence-corrected chi connectivity index (χ3v) is 17.0. The first-order valence-electron chi connectivity index (χ1n) is 20.2. The number of carbonyl (C=O) groups is 3. The zero-order chi connectivity index (χ0) is 38.1. The number of aliphatic hydroxyl groups is 2. The molecule has 5 saturated carbocycles. The van der Waals surface area contributed by atoms with E-state index in [2.05, 4.69) is 56.8 Å². The normalized spacial score (nSPS) is 40.9. The van der Waals surface area contributed by atoms with Gasteiger partial charge < -0.3 is 30.6 Å². The first-order chi connectivity index (χ1) is 25.1. The number of H-pyrrole nitrogens is 1. The van der Waals surface area contributed by atoms with Gasteiger partial charge in [-0.3, -0.25) is 9.59 Å².